The summed E-state index contributed by atoms with van der Waals surface area (Å²) >= 11 is 0. The van der Waals surface area contributed by atoms with Gasteiger partial charge in [-0.05, 0) is 26.0 Å². The molecule has 0 aromatic heterocycles. The molecular formula is C15H21NO6S. The van der Waals surface area contributed by atoms with Crippen LogP contribution in [-0.4, -0.2) is 39.5 Å². The zero-order chi connectivity index (χ0) is 17.5. The Balaban J connectivity index is 2.65. The molecule has 0 saturated heterocycles. The third kappa shape index (κ3) is 6.37. The number of esters is 1. The Kier molecular flexibility index (Phi) is 7.18. The lowest BCUT2D eigenvalue weighted by molar-refractivity contribution is -0.147. The van der Waals surface area contributed by atoms with Crippen LogP contribution in [0.3, 0.4) is 0 Å². The first-order chi connectivity index (χ1) is 10.8. The number of ether oxygens (including phenoxy) is 1. The first-order valence-corrected chi connectivity index (χ1v) is 8.57. The highest BCUT2D eigenvalue weighted by molar-refractivity contribution is 7.86. The molecule has 1 N–H and O–H groups in total. The second-order valence-electron chi connectivity index (χ2n) is 4.88. The fourth-order valence-electron chi connectivity index (χ4n) is 1.79. The minimum atomic E-state index is -3.90. The molecule has 0 heterocycles. The normalized spacial score (nSPS) is 12.5. The van der Waals surface area contributed by atoms with Crippen molar-refractivity contribution < 1.29 is 26.9 Å². The van der Waals surface area contributed by atoms with Crippen LogP contribution >= 0.6 is 0 Å². The topological polar surface area (TPSA) is 98.8 Å². The summed E-state index contributed by atoms with van der Waals surface area (Å²) in [4.78, 5) is 22.8. The van der Waals surface area contributed by atoms with Gasteiger partial charge in [-0.15, -0.1) is 0 Å². The van der Waals surface area contributed by atoms with Crippen LogP contribution < -0.4 is 5.32 Å². The minimum Gasteiger partial charge on any atom is -0.464 e. The molecule has 7 nitrogen and oxygen atoms in total. The van der Waals surface area contributed by atoms with Gasteiger partial charge in [-0.3, -0.25) is 8.98 Å². The summed E-state index contributed by atoms with van der Waals surface area (Å²) in [6, 6.07) is 5.27. The van der Waals surface area contributed by atoms with Crippen LogP contribution in [0.2, 0.25) is 0 Å². The van der Waals surface area contributed by atoms with E-state index in [1.807, 2.05) is 6.92 Å². The molecule has 0 aliphatic carbocycles. The maximum absolute atomic E-state index is 12.0. The molecule has 0 fully saturated rings. The predicted molar refractivity (Wildman–Crippen MR) is 83.2 cm³/mol. The minimum absolute atomic E-state index is 0.0104. The van der Waals surface area contributed by atoms with Gasteiger partial charge in [-0.25, -0.2) is 4.79 Å². The molecule has 0 radical (unpaired) electrons. The van der Waals surface area contributed by atoms with Crippen LogP contribution in [0.1, 0.15) is 25.8 Å². The van der Waals surface area contributed by atoms with E-state index < -0.39 is 28.0 Å². The Hall–Kier alpha value is -1.93. The first-order valence-electron chi connectivity index (χ1n) is 7.16. The molecule has 128 valence electrons. The largest absolute Gasteiger partial charge is 0.464 e. The van der Waals surface area contributed by atoms with E-state index in [4.69, 9.17) is 8.92 Å². The average molecular weight is 343 g/mol. The van der Waals surface area contributed by atoms with E-state index in [1.54, 1.807) is 19.1 Å². The number of nitrogens with one attached hydrogen (secondary N) is 1. The highest BCUT2D eigenvalue weighted by atomic mass is 32.2. The number of carbonyl (C=O) groups is 2. The van der Waals surface area contributed by atoms with E-state index in [0.717, 1.165) is 5.56 Å². The lowest BCUT2D eigenvalue weighted by Gasteiger charge is -2.16. The number of amides is 1. The highest BCUT2D eigenvalue weighted by Gasteiger charge is 2.22. The van der Waals surface area contributed by atoms with Crippen LogP contribution in [0.5, 0.6) is 0 Å². The van der Waals surface area contributed by atoms with Crippen LogP contribution in [0, 0.1) is 6.92 Å². The molecule has 1 aromatic rings. The molecule has 0 unspecified atom stereocenters. The third-order valence-corrected chi connectivity index (χ3v) is 4.23. The fraction of sp³-hybridized carbons (Fsp3) is 0.467. The number of hydrogen-bond donors (Lipinski definition) is 1. The van der Waals surface area contributed by atoms with Gasteiger partial charge in [-0.2, -0.15) is 8.42 Å². The summed E-state index contributed by atoms with van der Waals surface area (Å²) in [7, 11) is -3.90. The highest BCUT2D eigenvalue weighted by Crippen LogP contribution is 2.13. The molecule has 0 aliphatic rings. The van der Waals surface area contributed by atoms with Crippen LogP contribution in [-0.2, 0) is 28.6 Å². The predicted octanol–water partition coefficient (Wildman–Crippen LogP) is 1.16. The molecule has 1 aromatic carbocycles. The van der Waals surface area contributed by atoms with Crippen LogP contribution in [0.4, 0.5) is 0 Å². The van der Waals surface area contributed by atoms with Crippen molar-refractivity contribution in [1.82, 2.24) is 5.32 Å². The molecule has 1 amide bonds. The van der Waals surface area contributed by atoms with Gasteiger partial charge >= 0.3 is 5.97 Å². The number of carbonyl (C=O) groups excluding carboxylic acids is 2. The quantitative estimate of drug-likeness (QED) is 0.562. The van der Waals surface area contributed by atoms with Crippen molar-refractivity contribution in [3.05, 3.63) is 29.8 Å². The Morgan fingerprint density at radius 2 is 1.83 bits per heavy atom. The van der Waals surface area contributed by atoms with Gasteiger partial charge in [0.15, 0.2) is 0 Å². The SMILES string of the molecule is CCOC(=O)[C@H](CCOS(=O)(=O)c1ccc(C)cc1)NC(C)=O. The summed E-state index contributed by atoms with van der Waals surface area (Å²) < 4.78 is 33.8. The lowest BCUT2D eigenvalue weighted by atomic mass is 10.2. The summed E-state index contributed by atoms with van der Waals surface area (Å²) in [5.41, 5.74) is 0.928. The third-order valence-electron chi connectivity index (χ3n) is 2.90. The molecule has 0 aliphatic heterocycles. The molecule has 0 spiro atoms. The Bertz CT molecular complexity index is 638. The molecule has 23 heavy (non-hydrogen) atoms. The van der Waals surface area contributed by atoms with E-state index in [-0.39, 0.29) is 24.5 Å². The van der Waals surface area contributed by atoms with Crippen molar-refractivity contribution in [2.45, 2.75) is 38.1 Å². The molecule has 0 bridgehead atoms. The summed E-state index contributed by atoms with van der Waals surface area (Å²) in [6.45, 7) is 4.66. The fourth-order valence-corrected chi connectivity index (χ4v) is 2.71. The van der Waals surface area contributed by atoms with Crippen LogP contribution in [0.25, 0.3) is 0 Å². The van der Waals surface area contributed by atoms with Crippen LogP contribution in [0.15, 0.2) is 29.2 Å². The van der Waals surface area contributed by atoms with Gasteiger partial charge < -0.3 is 10.1 Å². The van der Waals surface area contributed by atoms with Crippen molar-refractivity contribution in [3.63, 3.8) is 0 Å². The molecular weight excluding hydrogens is 322 g/mol. The number of benzene rings is 1. The smallest absolute Gasteiger partial charge is 0.328 e. The van der Waals surface area contributed by atoms with Gasteiger partial charge in [0.25, 0.3) is 10.1 Å². The van der Waals surface area contributed by atoms with Crippen molar-refractivity contribution in [2.75, 3.05) is 13.2 Å². The van der Waals surface area contributed by atoms with Crippen molar-refractivity contribution in [1.29, 1.82) is 0 Å². The summed E-state index contributed by atoms with van der Waals surface area (Å²) in [6.07, 6.45) is -0.0104. The van der Waals surface area contributed by atoms with E-state index >= 15 is 0 Å². The lowest BCUT2D eigenvalue weighted by Crippen LogP contribution is -2.41. The van der Waals surface area contributed by atoms with Gasteiger partial charge in [-0.1, -0.05) is 17.7 Å². The Labute approximate surface area is 136 Å². The molecule has 1 rings (SSSR count). The first kappa shape index (κ1) is 19.1. The van der Waals surface area contributed by atoms with E-state index in [9.17, 15) is 18.0 Å². The average Bonchev–Trinajstić information content (AvgIpc) is 2.46. The summed E-state index contributed by atoms with van der Waals surface area (Å²) in [5, 5.41) is 2.41. The van der Waals surface area contributed by atoms with E-state index in [1.165, 1.54) is 19.1 Å². The summed E-state index contributed by atoms with van der Waals surface area (Å²) in [5.74, 6) is -1.04. The number of hydrogen-bond acceptors (Lipinski definition) is 6. The van der Waals surface area contributed by atoms with E-state index in [2.05, 4.69) is 5.32 Å². The van der Waals surface area contributed by atoms with Gasteiger partial charge in [0.2, 0.25) is 5.91 Å². The van der Waals surface area contributed by atoms with E-state index in [0.29, 0.717) is 0 Å². The monoisotopic (exact) mass is 343 g/mol. The zero-order valence-corrected chi connectivity index (χ0v) is 14.2. The van der Waals surface area contributed by atoms with Gasteiger partial charge in [0.05, 0.1) is 18.1 Å². The number of aryl methyl sites for hydroxylation is 1. The van der Waals surface area contributed by atoms with Gasteiger partial charge in [0, 0.05) is 13.3 Å². The maximum atomic E-state index is 12.0. The molecule has 8 heteroatoms. The molecule has 0 saturated carbocycles. The standard InChI is InChI=1S/C15H21NO6S/c1-4-21-15(18)14(16-12(3)17)9-10-22-23(19,20)13-7-5-11(2)6-8-13/h5-8,14H,4,9-10H2,1-3H3,(H,16,17)/t14-/m0/s1. The van der Waals surface area contributed by atoms with Crippen molar-refractivity contribution in [2.24, 2.45) is 0 Å². The Morgan fingerprint density at radius 3 is 2.35 bits per heavy atom. The van der Waals surface area contributed by atoms with Crippen molar-refractivity contribution in [3.8, 4) is 0 Å². The maximum Gasteiger partial charge on any atom is 0.328 e. The Morgan fingerprint density at radius 1 is 1.22 bits per heavy atom. The van der Waals surface area contributed by atoms with Gasteiger partial charge in [0.1, 0.15) is 6.04 Å². The molecule has 1 atom stereocenters. The van der Waals surface area contributed by atoms with Crippen molar-refractivity contribution >= 4 is 22.0 Å². The second kappa shape index (κ2) is 8.64. The number of rotatable bonds is 8. The zero-order valence-electron chi connectivity index (χ0n) is 13.4. The second-order valence-corrected chi connectivity index (χ2v) is 6.50.